The van der Waals surface area contributed by atoms with E-state index in [1.807, 2.05) is 18.3 Å². The maximum atomic E-state index is 12.8. The molecule has 1 aliphatic heterocycles. The molecule has 2 N–H and O–H groups in total. The molecule has 0 saturated heterocycles. The van der Waals surface area contributed by atoms with Crippen molar-refractivity contribution in [1.29, 1.82) is 0 Å². The lowest BCUT2D eigenvalue weighted by molar-refractivity contribution is -0.127. The Morgan fingerprint density at radius 1 is 1.07 bits per heavy atom. The number of aliphatic imine (C=N–C) groups is 1. The number of ether oxygens (including phenoxy) is 4. The molecule has 0 bridgehead atoms. The van der Waals surface area contributed by atoms with Crippen molar-refractivity contribution in [2.24, 2.45) is 4.99 Å². The molecule has 0 unspecified atom stereocenters. The van der Waals surface area contributed by atoms with Crippen molar-refractivity contribution in [2.75, 3.05) is 6.54 Å². The molecular formula is C29H39N5O7. The molecule has 3 rings (SSSR count). The van der Waals surface area contributed by atoms with Gasteiger partial charge in [0.15, 0.2) is 0 Å². The van der Waals surface area contributed by atoms with Crippen molar-refractivity contribution in [3.05, 3.63) is 53.4 Å². The maximum absolute atomic E-state index is 12.8. The highest BCUT2D eigenvalue weighted by molar-refractivity contribution is 6.01. The number of nitrogens with zero attached hydrogens (tertiary/aromatic N) is 3. The Balaban J connectivity index is 1.72. The Morgan fingerprint density at radius 2 is 1.68 bits per heavy atom. The highest BCUT2D eigenvalue weighted by Crippen LogP contribution is 2.37. The number of rotatable bonds is 6. The van der Waals surface area contributed by atoms with Gasteiger partial charge in [0, 0.05) is 32.2 Å². The van der Waals surface area contributed by atoms with Gasteiger partial charge in [-0.2, -0.15) is 5.10 Å². The minimum absolute atomic E-state index is 0.101. The SMILES string of the molecule is C=Cc1ccc(Cn2cc(CCN=C(NC(=O)OC(C)(C)C)NC(=O)OC(C)(C)C)cn2)c2c1OC(C)(C)OC2=O. The fourth-order valence-electron chi connectivity index (χ4n) is 3.81. The zero-order chi connectivity index (χ0) is 30.6. The average Bonchev–Trinajstić information content (AvgIpc) is 3.22. The topological polar surface area (TPSA) is 142 Å². The van der Waals surface area contributed by atoms with Crippen LogP contribution in [0.25, 0.3) is 6.08 Å². The van der Waals surface area contributed by atoms with Crippen LogP contribution in [0.1, 0.15) is 82.4 Å². The molecule has 2 amide bonds. The van der Waals surface area contributed by atoms with Gasteiger partial charge >= 0.3 is 18.2 Å². The van der Waals surface area contributed by atoms with Crippen LogP contribution in [0.5, 0.6) is 5.75 Å². The van der Waals surface area contributed by atoms with E-state index in [9.17, 15) is 14.4 Å². The van der Waals surface area contributed by atoms with Crippen LogP contribution < -0.4 is 15.4 Å². The predicted molar refractivity (Wildman–Crippen MR) is 153 cm³/mol. The zero-order valence-electron chi connectivity index (χ0n) is 24.9. The first-order chi connectivity index (χ1) is 18.9. The Morgan fingerprint density at radius 3 is 2.24 bits per heavy atom. The van der Waals surface area contributed by atoms with E-state index in [2.05, 4.69) is 27.3 Å². The minimum Gasteiger partial charge on any atom is -0.451 e. The van der Waals surface area contributed by atoms with E-state index in [1.165, 1.54) is 0 Å². The van der Waals surface area contributed by atoms with E-state index >= 15 is 0 Å². The molecule has 0 fully saturated rings. The molecule has 2 heterocycles. The number of aromatic nitrogens is 2. The summed E-state index contributed by atoms with van der Waals surface area (Å²) in [7, 11) is 0. The second-order valence-electron chi connectivity index (χ2n) is 11.9. The summed E-state index contributed by atoms with van der Waals surface area (Å²) in [6.45, 7) is 18.0. The molecule has 0 aliphatic carbocycles. The van der Waals surface area contributed by atoms with Crippen LogP contribution in [0, 0.1) is 0 Å². The standard InChI is InChI=1S/C29H39N5O7/c1-10-19-11-12-20(21-22(19)38-29(8,9)39-23(21)35)17-34-16-18(15-31-34)13-14-30-24(32-25(36)40-27(2,3)4)33-26(37)41-28(5,6)7/h10-12,15-16H,1,13-14,17H2,2-9H3,(H2,30,32,33,36,37). The highest BCUT2D eigenvalue weighted by Gasteiger charge is 2.36. The Hall–Kier alpha value is -4.35. The van der Waals surface area contributed by atoms with Crippen LogP contribution in [0.15, 0.2) is 36.1 Å². The number of esters is 1. The van der Waals surface area contributed by atoms with E-state index in [-0.39, 0.29) is 12.5 Å². The molecule has 41 heavy (non-hydrogen) atoms. The van der Waals surface area contributed by atoms with Crippen LogP contribution in [0.3, 0.4) is 0 Å². The summed E-state index contributed by atoms with van der Waals surface area (Å²) in [6, 6.07) is 3.66. The van der Waals surface area contributed by atoms with E-state index in [1.54, 1.807) is 72.3 Å². The number of nitrogens with one attached hydrogen (secondary N) is 2. The highest BCUT2D eigenvalue weighted by atomic mass is 16.7. The summed E-state index contributed by atoms with van der Waals surface area (Å²) in [5, 5.41) is 9.32. The summed E-state index contributed by atoms with van der Waals surface area (Å²) < 4.78 is 23.6. The normalized spacial score (nSPS) is 14.1. The average molecular weight is 570 g/mol. The van der Waals surface area contributed by atoms with Crippen molar-refractivity contribution >= 4 is 30.2 Å². The quantitative estimate of drug-likeness (QED) is 0.218. The van der Waals surface area contributed by atoms with Crippen molar-refractivity contribution in [3.63, 3.8) is 0 Å². The summed E-state index contributed by atoms with van der Waals surface area (Å²) >= 11 is 0. The third-order valence-electron chi connectivity index (χ3n) is 5.31. The molecule has 1 aromatic heterocycles. The number of fused-ring (bicyclic) bond motifs is 1. The molecular weight excluding hydrogens is 530 g/mol. The first kappa shape index (κ1) is 31.2. The summed E-state index contributed by atoms with van der Waals surface area (Å²) in [5.74, 6) is -1.23. The van der Waals surface area contributed by atoms with Crippen LogP contribution >= 0.6 is 0 Å². The van der Waals surface area contributed by atoms with Crippen LogP contribution in [0.2, 0.25) is 0 Å². The number of amides is 2. The van der Waals surface area contributed by atoms with Crippen molar-refractivity contribution < 1.29 is 33.3 Å². The Labute approximate surface area is 240 Å². The van der Waals surface area contributed by atoms with Crippen molar-refractivity contribution in [2.45, 2.75) is 85.3 Å². The van der Waals surface area contributed by atoms with E-state index in [0.717, 1.165) is 5.56 Å². The predicted octanol–water partition coefficient (Wildman–Crippen LogP) is 4.81. The van der Waals surface area contributed by atoms with Gasteiger partial charge < -0.3 is 18.9 Å². The molecule has 1 aliphatic rings. The first-order valence-electron chi connectivity index (χ1n) is 13.2. The molecule has 0 radical (unpaired) electrons. The largest absolute Gasteiger partial charge is 0.451 e. The molecule has 12 heteroatoms. The Bertz CT molecular complexity index is 1310. The smallest absolute Gasteiger partial charge is 0.414 e. The lowest BCUT2D eigenvalue weighted by Gasteiger charge is -2.33. The zero-order valence-corrected chi connectivity index (χ0v) is 24.9. The first-order valence-corrected chi connectivity index (χ1v) is 13.2. The van der Waals surface area contributed by atoms with Crippen LogP contribution in [0.4, 0.5) is 9.59 Å². The number of hydrogen-bond acceptors (Lipinski definition) is 9. The molecule has 222 valence electrons. The van der Waals surface area contributed by atoms with Gasteiger partial charge in [-0.1, -0.05) is 24.8 Å². The number of carbonyl (C=O) groups is 3. The number of benzene rings is 1. The van der Waals surface area contributed by atoms with Gasteiger partial charge in [-0.15, -0.1) is 0 Å². The number of carbonyl (C=O) groups excluding carboxylic acids is 3. The van der Waals surface area contributed by atoms with Gasteiger partial charge in [0.1, 0.15) is 22.5 Å². The second kappa shape index (κ2) is 12.0. The molecule has 1 aromatic carbocycles. The summed E-state index contributed by atoms with van der Waals surface area (Å²) in [6.07, 6.45) is 4.05. The van der Waals surface area contributed by atoms with E-state index < -0.39 is 35.1 Å². The summed E-state index contributed by atoms with van der Waals surface area (Å²) in [4.78, 5) is 41.7. The molecule has 12 nitrogen and oxygen atoms in total. The van der Waals surface area contributed by atoms with Crippen LogP contribution in [-0.2, 0) is 27.2 Å². The summed E-state index contributed by atoms with van der Waals surface area (Å²) in [5.41, 5.74) is 1.10. The van der Waals surface area contributed by atoms with E-state index in [4.69, 9.17) is 18.9 Å². The fraction of sp³-hybridized carbons (Fsp3) is 0.483. The third kappa shape index (κ3) is 9.37. The maximum Gasteiger partial charge on any atom is 0.414 e. The van der Waals surface area contributed by atoms with Crippen molar-refractivity contribution in [3.8, 4) is 5.75 Å². The van der Waals surface area contributed by atoms with E-state index in [0.29, 0.717) is 35.4 Å². The van der Waals surface area contributed by atoms with Gasteiger partial charge in [0.2, 0.25) is 11.7 Å². The number of alkyl carbamates (subject to hydrolysis) is 2. The van der Waals surface area contributed by atoms with Gasteiger partial charge in [0.05, 0.1) is 12.7 Å². The number of hydrogen-bond donors (Lipinski definition) is 2. The van der Waals surface area contributed by atoms with Crippen molar-refractivity contribution in [1.82, 2.24) is 20.4 Å². The minimum atomic E-state index is -1.09. The second-order valence-corrected chi connectivity index (χ2v) is 11.9. The Kier molecular flexibility index (Phi) is 9.15. The van der Waals surface area contributed by atoms with Gasteiger partial charge in [-0.25, -0.2) is 14.4 Å². The lowest BCUT2D eigenvalue weighted by Crippen LogP contribution is -2.47. The molecule has 0 atom stereocenters. The lowest BCUT2D eigenvalue weighted by atomic mass is 10.0. The van der Waals surface area contributed by atoms with Gasteiger partial charge in [0.25, 0.3) is 0 Å². The molecule has 0 saturated carbocycles. The number of guanidine groups is 1. The monoisotopic (exact) mass is 569 g/mol. The van der Waals surface area contributed by atoms with Gasteiger partial charge in [-0.05, 0) is 59.1 Å². The third-order valence-corrected chi connectivity index (χ3v) is 5.31. The van der Waals surface area contributed by atoms with Crippen LogP contribution in [-0.4, -0.2) is 57.4 Å². The molecule has 2 aromatic rings. The fourth-order valence-corrected chi connectivity index (χ4v) is 3.81. The van der Waals surface area contributed by atoms with Gasteiger partial charge in [-0.3, -0.25) is 20.3 Å². The molecule has 0 spiro atoms. The number of cyclic esters (lactones) is 1.